The molecular weight excluding hydrogens is 198 g/mol. The molecule has 1 amide bonds. The van der Waals surface area contributed by atoms with E-state index in [9.17, 15) is 9.59 Å². The van der Waals surface area contributed by atoms with Crippen molar-refractivity contribution < 1.29 is 19.5 Å². The summed E-state index contributed by atoms with van der Waals surface area (Å²) < 4.78 is 5.26. The third-order valence-electron chi connectivity index (χ3n) is 2.23. The highest BCUT2D eigenvalue weighted by Crippen LogP contribution is 2.26. The van der Waals surface area contributed by atoms with Gasteiger partial charge in [-0.25, -0.2) is 5.48 Å². The predicted molar refractivity (Wildman–Crippen MR) is 49.7 cm³/mol. The minimum Gasteiger partial charge on any atom is -0.479 e. The molecule has 0 aliphatic carbocycles. The van der Waals surface area contributed by atoms with Crippen molar-refractivity contribution >= 4 is 11.7 Å². The van der Waals surface area contributed by atoms with Gasteiger partial charge in [0.15, 0.2) is 11.9 Å². The van der Waals surface area contributed by atoms with Crippen LogP contribution in [0.25, 0.3) is 0 Å². The lowest BCUT2D eigenvalue weighted by atomic mass is 10.0. The first kappa shape index (κ1) is 9.67. The fourth-order valence-electron chi connectivity index (χ4n) is 1.49. The van der Waals surface area contributed by atoms with Crippen molar-refractivity contribution in [2.45, 2.75) is 12.5 Å². The highest BCUT2D eigenvalue weighted by molar-refractivity contribution is 6.02. The molecule has 1 aromatic rings. The number of carbonyl (C=O) groups is 2. The third-order valence-corrected chi connectivity index (χ3v) is 2.23. The number of para-hydroxylation sites is 1. The Labute approximate surface area is 85.6 Å². The van der Waals surface area contributed by atoms with E-state index in [0.717, 1.165) is 0 Å². The average Bonchev–Trinajstić information content (AvgIpc) is 2.28. The number of hydrogen-bond acceptors (Lipinski definition) is 4. The van der Waals surface area contributed by atoms with Gasteiger partial charge in [-0.15, -0.1) is 0 Å². The Kier molecular flexibility index (Phi) is 2.39. The highest BCUT2D eigenvalue weighted by atomic mass is 16.5. The maximum atomic E-state index is 11.6. The number of Topliss-reactive ketones (excluding diaryl/α,β-unsaturated/α-hetero) is 1. The van der Waals surface area contributed by atoms with Crippen LogP contribution in [0.15, 0.2) is 24.3 Å². The van der Waals surface area contributed by atoms with E-state index < -0.39 is 12.0 Å². The average molecular weight is 207 g/mol. The largest absolute Gasteiger partial charge is 0.479 e. The van der Waals surface area contributed by atoms with Crippen LogP contribution in [0, 0.1) is 0 Å². The highest BCUT2D eigenvalue weighted by Gasteiger charge is 2.30. The van der Waals surface area contributed by atoms with Gasteiger partial charge in [0.05, 0.1) is 12.0 Å². The molecule has 78 valence electrons. The summed E-state index contributed by atoms with van der Waals surface area (Å²) in [4.78, 5) is 22.7. The zero-order valence-electron chi connectivity index (χ0n) is 7.77. The molecule has 0 bridgehead atoms. The number of benzene rings is 1. The molecule has 15 heavy (non-hydrogen) atoms. The second kappa shape index (κ2) is 3.70. The second-order valence-electron chi connectivity index (χ2n) is 3.21. The van der Waals surface area contributed by atoms with E-state index in [1.54, 1.807) is 24.3 Å². The summed E-state index contributed by atoms with van der Waals surface area (Å²) in [5.74, 6) is -0.495. The maximum Gasteiger partial charge on any atom is 0.284 e. The molecule has 0 saturated heterocycles. The zero-order chi connectivity index (χ0) is 10.8. The Morgan fingerprint density at radius 2 is 2.20 bits per heavy atom. The van der Waals surface area contributed by atoms with Crippen LogP contribution in [-0.2, 0) is 4.79 Å². The standard InChI is InChI=1S/C10H9NO4/c12-7-5-9(10(13)11-14)15-8-4-2-1-3-6(7)8/h1-4,9,14H,5H2,(H,11,13). The van der Waals surface area contributed by atoms with E-state index in [0.29, 0.717) is 11.3 Å². The first-order valence-electron chi connectivity index (χ1n) is 4.45. The van der Waals surface area contributed by atoms with E-state index in [1.165, 1.54) is 5.48 Å². The smallest absolute Gasteiger partial charge is 0.284 e. The molecule has 0 saturated carbocycles. The number of nitrogens with one attached hydrogen (secondary N) is 1. The van der Waals surface area contributed by atoms with Gasteiger partial charge in [-0.05, 0) is 12.1 Å². The quantitative estimate of drug-likeness (QED) is 0.520. The molecule has 1 aliphatic rings. The second-order valence-corrected chi connectivity index (χ2v) is 3.21. The van der Waals surface area contributed by atoms with Gasteiger partial charge in [-0.1, -0.05) is 12.1 Å². The first-order valence-corrected chi connectivity index (χ1v) is 4.45. The fraction of sp³-hybridized carbons (Fsp3) is 0.200. The molecule has 0 fully saturated rings. The van der Waals surface area contributed by atoms with Crippen molar-refractivity contribution in [1.29, 1.82) is 0 Å². The SMILES string of the molecule is O=C1CC(C(=O)NO)Oc2ccccc21. The van der Waals surface area contributed by atoms with Crippen molar-refractivity contribution in [3.63, 3.8) is 0 Å². The van der Waals surface area contributed by atoms with E-state index in [4.69, 9.17) is 9.94 Å². The molecule has 1 atom stereocenters. The zero-order valence-corrected chi connectivity index (χ0v) is 7.77. The van der Waals surface area contributed by atoms with Gasteiger partial charge in [-0.3, -0.25) is 14.8 Å². The van der Waals surface area contributed by atoms with Gasteiger partial charge in [0.25, 0.3) is 5.91 Å². The minimum atomic E-state index is -0.947. The molecule has 1 unspecified atom stereocenters. The van der Waals surface area contributed by atoms with Crippen molar-refractivity contribution in [2.24, 2.45) is 0 Å². The van der Waals surface area contributed by atoms with Crippen molar-refractivity contribution in [3.8, 4) is 5.75 Å². The number of hydroxylamine groups is 1. The van der Waals surface area contributed by atoms with Gasteiger partial charge in [0.2, 0.25) is 0 Å². The van der Waals surface area contributed by atoms with E-state index in [1.807, 2.05) is 0 Å². The van der Waals surface area contributed by atoms with Gasteiger partial charge >= 0.3 is 0 Å². The van der Waals surface area contributed by atoms with E-state index in [2.05, 4.69) is 0 Å². The predicted octanol–water partition coefficient (Wildman–Crippen LogP) is 0.526. The Morgan fingerprint density at radius 1 is 1.47 bits per heavy atom. The van der Waals surface area contributed by atoms with Gasteiger partial charge < -0.3 is 4.74 Å². The van der Waals surface area contributed by atoms with Crippen LogP contribution in [0.3, 0.4) is 0 Å². The van der Waals surface area contributed by atoms with Gasteiger partial charge in [-0.2, -0.15) is 0 Å². The van der Waals surface area contributed by atoms with Crippen molar-refractivity contribution in [3.05, 3.63) is 29.8 Å². The van der Waals surface area contributed by atoms with Crippen molar-refractivity contribution in [1.82, 2.24) is 5.48 Å². The Hall–Kier alpha value is -1.88. The van der Waals surface area contributed by atoms with Crippen LogP contribution >= 0.6 is 0 Å². The molecule has 1 aliphatic heterocycles. The van der Waals surface area contributed by atoms with Crippen LogP contribution in [0.5, 0.6) is 5.75 Å². The van der Waals surface area contributed by atoms with Crippen LogP contribution < -0.4 is 10.2 Å². The normalized spacial score (nSPS) is 19.0. The molecule has 0 spiro atoms. The van der Waals surface area contributed by atoms with Crippen LogP contribution in [0.1, 0.15) is 16.8 Å². The van der Waals surface area contributed by atoms with E-state index in [-0.39, 0.29) is 12.2 Å². The monoisotopic (exact) mass is 207 g/mol. The molecule has 5 heteroatoms. The summed E-state index contributed by atoms with van der Waals surface area (Å²) >= 11 is 0. The summed E-state index contributed by atoms with van der Waals surface area (Å²) in [5.41, 5.74) is 1.94. The van der Waals surface area contributed by atoms with Crippen LogP contribution in [0.4, 0.5) is 0 Å². The number of fused-ring (bicyclic) bond motifs is 1. The molecule has 5 nitrogen and oxygen atoms in total. The maximum absolute atomic E-state index is 11.6. The number of ether oxygens (including phenoxy) is 1. The van der Waals surface area contributed by atoms with Gasteiger partial charge in [0.1, 0.15) is 5.75 Å². The van der Waals surface area contributed by atoms with Crippen LogP contribution in [-0.4, -0.2) is 23.0 Å². The summed E-state index contributed by atoms with van der Waals surface area (Å²) in [7, 11) is 0. The van der Waals surface area contributed by atoms with Crippen molar-refractivity contribution in [2.75, 3.05) is 0 Å². The summed E-state index contributed by atoms with van der Waals surface area (Å²) in [6.07, 6.45) is -0.999. The lowest BCUT2D eigenvalue weighted by molar-refractivity contribution is -0.136. The number of carbonyl (C=O) groups excluding carboxylic acids is 2. The third kappa shape index (κ3) is 1.69. The van der Waals surface area contributed by atoms with Crippen LogP contribution in [0.2, 0.25) is 0 Å². The number of rotatable bonds is 1. The summed E-state index contributed by atoms with van der Waals surface area (Å²) in [6.45, 7) is 0. The number of amides is 1. The fourth-order valence-corrected chi connectivity index (χ4v) is 1.49. The molecule has 1 aromatic carbocycles. The molecule has 2 rings (SSSR count). The lowest BCUT2D eigenvalue weighted by Gasteiger charge is -2.23. The number of ketones is 1. The minimum absolute atomic E-state index is 0.0522. The summed E-state index contributed by atoms with van der Waals surface area (Å²) in [5, 5.41) is 8.43. The Balaban J connectivity index is 2.30. The van der Waals surface area contributed by atoms with E-state index >= 15 is 0 Å². The molecule has 1 heterocycles. The first-order chi connectivity index (χ1) is 7.22. The summed E-state index contributed by atoms with van der Waals surface area (Å²) in [6, 6.07) is 6.70. The van der Waals surface area contributed by atoms with Gasteiger partial charge in [0, 0.05) is 0 Å². The topological polar surface area (TPSA) is 75.6 Å². The Morgan fingerprint density at radius 3 is 2.93 bits per heavy atom. The number of hydrogen-bond donors (Lipinski definition) is 2. The molecule has 0 aromatic heterocycles. The molecule has 2 N–H and O–H groups in total. The molecule has 0 radical (unpaired) electrons. The Bertz CT molecular complexity index is 416. The molecular formula is C10H9NO4. The lowest BCUT2D eigenvalue weighted by Crippen LogP contribution is -2.40.